The molecule has 8 nitrogen and oxygen atoms in total. The van der Waals surface area contributed by atoms with Crippen molar-refractivity contribution >= 4 is 34.3 Å². The molecule has 178 valence electrons. The summed E-state index contributed by atoms with van der Waals surface area (Å²) in [5.41, 5.74) is 4.02. The van der Waals surface area contributed by atoms with E-state index in [4.69, 9.17) is 4.84 Å². The number of amides is 2. The highest BCUT2D eigenvalue weighted by Gasteiger charge is 2.26. The molecule has 9 heteroatoms. The maximum absolute atomic E-state index is 14.0. The molecular formula is C26H24FN5O3. The van der Waals surface area contributed by atoms with Gasteiger partial charge in [0.05, 0.1) is 17.9 Å². The van der Waals surface area contributed by atoms with E-state index in [1.54, 1.807) is 30.3 Å². The van der Waals surface area contributed by atoms with Gasteiger partial charge in [-0.1, -0.05) is 47.3 Å². The van der Waals surface area contributed by atoms with Gasteiger partial charge in [-0.15, -0.1) is 5.10 Å². The lowest BCUT2D eigenvalue weighted by molar-refractivity contribution is -0.142. The molecule has 2 N–H and O–H groups in total. The lowest BCUT2D eigenvalue weighted by Crippen LogP contribution is -2.49. The highest BCUT2D eigenvalue weighted by Crippen LogP contribution is 2.30. The van der Waals surface area contributed by atoms with Crippen molar-refractivity contribution in [1.29, 1.82) is 0 Å². The third-order valence-corrected chi connectivity index (χ3v) is 5.89. The second-order valence-electron chi connectivity index (χ2n) is 8.48. The molecule has 0 saturated heterocycles. The Hall–Kier alpha value is -4.40. The first kappa shape index (κ1) is 22.4. The Bertz CT molecular complexity index is 1390. The number of aromatic nitrogens is 2. The fourth-order valence-electron chi connectivity index (χ4n) is 4.42. The van der Waals surface area contributed by atoms with Crippen molar-refractivity contribution in [1.82, 2.24) is 15.3 Å². The van der Waals surface area contributed by atoms with Crippen LogP contribution in [-0.4, -0.2) is 34.5 Å². The molecule has 3 aromatic carbocycles. The van der Waals surface area contributed by atoms with Crippen molar-refractivity contribution < 1.29 is 18.8 Å². The van der Waals surface area contributed by atoms with E-state index in [0.29, 0.717) is 36.1 Å². The van der Waals surface area contributed by atoms with Gasteiger partial charge in [-0.25, -0.2) is 14.0 Å². The third kappa shape index (κ3) is 4.93. The number of carbonyl (C=O) groups excluding carboxylic acids is 2. The number of urea groups is 1. The van der Waals surface area contributed by atoms with E-state index in [-0.39, 0.29) is 17.9 Å². The van der Waals surface area contributed by atoms with Crippen molar-refractivity contribution in [2.45, 2.75) is 25.9 Å². The predicted molar refractivity (Wildman–Crippen MR) is 131 cm³/mol. The Morgan fingerprint density at radius 1 is 1.11 bits per heavy atom. The molecule has 0 fully saturated rings. The summed E-state index contributed by atoms with van der Waals surface area (Å²) in [6.45, 7) is 2.43. The fourth-order valence-corrected chi connectivity index (χ4v) is 4.42. The Balaban J connectivity index is 1.33. The van der Waals surface area contributed by atoms with E-state index >= 15 is 0 Å². The molecule has 0 aliphatic carbocycles. The number of carbonyl (C=O) groups is 2. The minimum atomic E-state index is -0.497. The lowest BCUT2D eigenvalue weighted by Gasteiger charge is -2.36. The molecule has 2 heterocycles. The maximum Gasteiger partial charge on any atom is 0.331 e. The summed E-state index contributed by atoms with van der Waals surface area (Å²) >= 11 is 0. The molecule has 4 aromatic rings. The zero-order valence-corrected chi connectivity index (χ0v) is 19.1. The summed E-state index contributed by atoms with van der Waals surface area (Å²) < 4.78 is 14.0. The van der Waals surface area contributed by atoms with Crippen LogP contribution in [0, 0.1) is 5.82 Å². The van der Waals surface area contributed by atoms with Crippen LogP contribution in [0.2, 0.25) is 0 Å². The number of anilines is 2. The van der Waals surface area contributed by atoms with E-state index in [2.05, 4.69) is 20.6 Å². The van der Waals surface area contributed by atoms with E-state index in [1.165, 1.54) is 19.2 Å². The van der Waals surface area contributed by atoms with Crippen molar-refractivity contribution in [3.8, 4) is 0 Å². The summed E-state index contributed by atoms with van der Waals surface area (Å²) in [6, 6.07) is 19.4. The Morgan fingerprint density at radius 3 is 2.74 bits per heavy atom. The number of nitrogens with zero attached hydrogens (tertiary/aromatic N) is 3. The number of hydrogen-bond acceptors (Lipinski definition) is 5. The first-order chi connectivity index (χ1) is 17.0. The van der Waals surface area contributed by atoms with Crippen LogP contribution < -0.4 is 20.4 Å². The van der Waals surface area contributed by atoms with Crippen LogP contribution in [0.3, 0.4) is 0 Å². The normalized spacial score (nSPS) is 14.9. The fraction of sp³-hybridized carbons (Fsp3) is 0.192. The van der Waals surface area contributed by atoms with Gasteiger partial charge in [-0.05, 0) is 41.8 Å². The van der Waals surface area contributed by atoms with Gasteiger partial charge >= 0.3 is 12.0 Å². The minimum absolute atomic E-state index is 0.181. The highest BCUT2D eigenvalue weighted by atomic mass is 19.1. The van der Waals surface area contributed by atoms with E-state index in [1.807, 2.05) is 30.3 Å². The molecule has 1 aliphatic rings. The third-order valence-electron chi connectivity index (χ3n) is 5.89. The SMILES string of the molecule is CC(=O)On1ncc2c(NC(=O)NC3Cc4ccc(F)cc4N(Cc4ccccc4)C3)cccc21. The second-order valence-corrected chi connectivity index (χ2v) is 8.48. The lowest BCUT2D eigenvalue weighted by atomic mass is 9.97. The molecule has 0 radical (unpaired) electrons. The van der Waals surface area contributed by atoms with Crippen molar-refractivity contribution in [2.75, 3.05) is 16.8 Å². The van der Waals surface area contributed by atoms with Gasteiger partial charge < -0.3 is 20.4 Å². The first-order valence-electron chi connectivity index (χ1n) is 11.3. The summed E-state index contributed by atoms with van der Waals surface area (Å²) in [7, 11) is 0. The topological polar surface area (TPSA) is 88.5 Å². The van der Waals surface area contributed by atoms with Crippen LogP contribution in [0.15, 0.2) is 72.9 Å². The van der Waals surface area contributed by atoms with Gasteiger partial charge in [-0.2, -0.15) is 0 Å². The van der Waals surface area contributed by atoms with Gasteiger partial charge in [0.1, 0.15) is 11.3 Å². The largest absolute Gasteiger partial charge is 0.365 e. The van der Waals surface area contributed by atoms with Crippen molar-refractivity contribution in [3.05, 3.63) is 89.9 Å². The van der Waals surface area contributed by atoms with Crippen LogP contribution in [0.5, 0.6) is 0 Å². The van der Waals surface area contributed by atoms with Gasteiger partial charge in [0.15, 0.2) is 0 Å². The molecule has 1 aliphatic heterocycles. The van der Waals surface area contributed by atoms with Gasteiger partial charge in [-0.3, -0.25) is 0 Å². The molecule has 1 atom stereocenters. The summed E-state index contributed by atoms with van der Waals surface area (Å²) in [6.07, 6.45) is 2.11. The van der Waals surface area contributed by atoms with Crippen LogP contribution >= 0.6 is 0 Å². The van der Waals surface area contributed by atoms with Crippen LogP contribution in [0.25, 0.3) is 10.9 Å². The average molecular weight is 474 g/mol. The minimum Gasteiger partial charge on any atom is -0.365 e. The average Bonchev–Trinajstić information content (AvgIpc) is 3.23. The number of benzene rings is 3. The molecule has 1 unspecified atom stereocenters. The second kappa shape index (κ2) is 9.46. The monoisotopic (exact) mass is 473 g/mol. The number of rotatable bonds is 5. The Labute approximate surface area is 201 Å². The summed E-state index contributed by atoms with van der Waals surface area (Å²) in [5.74, 6) is -0.781. The maximum atomic E-state index is 14.0. The quantitative estimate of drug-likeness (QED) is 0.459. The van der Waals surface area contributed by atoms with Gasteiger partial charge in [0.25, 0.3) is 0 Å². The predicted octanol–water partition coefficient (Wildman–Crippen LogP) is 3.90. The number of halogens is 1. The number of hydrogen-bond donors (Lipinski definition) is 2. The number of fused-ring (bicyclic) bond motifs is 2. The zero-order valence-electron chi connectivity index (χ0n) is 19.1. The molecule has 0 spiro atoms. The smallest absolute Gasteiger partial charge is 0.331 e. The molecule has 2 amide bonds. The first-order valence-corrected chi connectivity index (χ1v) is 11.3. The van der Waals surface area contributed by atoms with E-state index < -0.39 is 5.97 Å². The van der Waals surface area contributed by atoms with Crippen LogP contribution in [0.4, 0.5) is 20.6 Å². The molecule has 35 heavy (non-hydrogen) atoms. The molecule has 1 aromatic heterocycles. The van der Waals surface area contributed by atoms with E-state index in [9.17, 15) is 14.0 Å². The number of nitrogens with one attached hydrogen (secondary N) is 2. The highest BCUT2D eigenvalue weighted by molar-refractivity contribution is 6.00. The standard InChI is InChI=1S/C26H24FN5O3/c1-17(33)35-32-24-9-5-8-23(22(24)14-28-32)30-26(34)29-21-12-19-10-11-20(27)13-25(19)31(16-21)15-18-6-3-2-4-7-18/h2-11,13-14,21H,12,15-16H2,1H3,(H2,29,30,34). The zero-order chi connectivity index (χ0) is 24.4. The van der Waals surface area contributed by atoms with Gasteiger partial charge in [0, 0.05) is 31.1 Å². The van der Waals surface area contributed by atoms with Crippen molar-refractivity contribution in [3.63, 3.8) is 0 Å². The van der Waals surface area contributed by atoms with Gasteiger partial charge in [0.2, 0.25) is 0 Å². The van der Waals surface area contributed by atoms with Crippen molar-refractivity contribution in [2.24, 2.45) is 0 Å². The summed E-state index contributed by atoms with van der Waals surface area (Å²) in [4.78, 5) is 32.5. The molecule has 0 saturated carbocycles. The van der Waals surface area contributed by atoms with Crippen LogP contribution in [0.1, 0.15) is 18.1 Å². The Morgan fingerprint density at radius 2 is 1.94 bits per heavy atom. The molecule has 0 bridgehead atoms. The Kier molecular flexibility index (Phi) is 6.05. The van der Waals surface area contributed by atoms with Crippen LogP contribution in [-0.2, 0) is 17.8 Å². The molecular weight excluding hydrogens is 449 g/mol. The van der Waals surface area contributed by atoms with E-state index in [0.717, 1.165) is 21.7 Å². The summed E-state index contributed by atoms with van der Waals surface area (Å²) in [5, 5.41) is 10.6. The molecule has 5 rings (SSSR count).